The highest BCUT2D eigenvalue weighted by Crippen LogP contribution is 2.16. The molecule has 2 aliphatic rings. The van der Waals surface area contributed by atoms with Crippen LogP contribution >= 0.6 is 35.3 Å². The average molecular weight is 878 g/mol. The maximum Gasteiger partial charge on any atom is 0.322 e. The summed E-state index contributed by atoms with van der Waals surface area (Å²) in [7, 11) is 0. The molecular formula is C37H59N13O6S3. The number of carbonyl (C=O) groups is 5. The quantitative estimate of drug-likeness (QED) is 0.0552. The SMILES string of the molecule is CCCCN(CCSCCC(=O)N(CCSCCC(=O)N(CCSC)CCN1C=CC(N)NC1=O)CCC1C=CC(N)NC1=O)C(=O)Cn1cnc2nc(N)[nH]c(=O)c21. The van der Waals surface area contributed by atoms with E-state index in [-0.39, 0.29) is 65.7 Å². The Balaban J connectivity index is 1.25. The minimum Gasteiger partial charge on any atom is -0.369 e. The van der Waals surface area contributed by atoms with Crippen LogP contribution in [0.5, 0.6) is 0 Å². The molecule has 0 spiro atoms. The van der Waals surface area contributed by atoms with Gasteiger partial charge in [0.15, 0.2) is 11.2 Å². The molecule has 3 unspecified atom stereocenters. The van der Waals surface area contributed by atoms with Gasteiger partial charge in [-0.25, -0.2) is 9.78 Å². The molecule has 2 aromatic rings. The number of nitrogen functional groups attached to an aromatic ring is 1. The highest BCUT2D eigenvalue weighted by molar-refractivity contribution is 7.99. The van der Waals surface area contributed by atoms with E-state index in [0.29, 0.717) is 81.7 Å². The van der Waals surface area contributed by atoms with Gasteiger partial charge in [0.2, 0.25) is 29.6 Å². The first-order chi connectivity index (χ1) is 28.4. The lowest BCUT2D eigenvalue weighted by Gasteiger charge is -2.29. The van der Waals surface area contributed by atoms with Gasteiger partial charge in [-0.15, -0.1) is 0 Å². The van der Waals surface area contributed by atoms with Crippen LogP contribution in [0.3, 0.4) is 0 Å². The van der Waals surface area contributed by atoms with Crippen molar-refractivity contribution >= 4 is 82.1 Å². The Labute approximate surface area is 357 Å². The highest BCUT2D eigenvalue weighted by Gasteiger charge is 2.24. The molecular weight excluding hydrogens is 819 g/mol. The predicted molar refractivity (Wildman–Crippen MR) is 235 cm³/mol. The van der Waals surface area contributed by atoms with Crippen LogP contribution in [-0.4, -0.2) is 162 Å². The third kappa shape index (κ3) is 15.4. The number of aromatic nitrogens is 4. The summed E-state index contributed by atoms with van der Waals surface area (Å²) in [5.41, 5.74) is 17.1. The van der Waals surface area contributed by atoms with E-state index in [1.807, 2.05) is 6.26 Å². The molecule has 22 heteroatoms. The van der Waals surface area contributed by atoms with Crippen LogP contribution in [0.15, 0.2) is 35.5 Å². The van der Waals surface area contributed by atoms with Crippen molar-refractivity contribution in [1.29, 1.82) is 0 Å². The Morgan fingerprint density at radius 3 is 2.10 bits per heavy atom. The Bertz CT molecular complexity index is 1840. The molecule has 0 aromatic carbocycles. The minimum atomic E-state index is -0.523. The number of anilines is 1. The number of urea groups is 1. The van der Waals surface area contributed by atoms with Crippen molar-refractivity contribution in [3.63, 3.8) is 0 Å². The smallest absolute Gasteiger partial charge is 0.322 e. The van der Waals surface area contributed by atoms with Crippen molar-refractivity contribution in [1.82, 2.24) is 49.8 Å². The van der Waals surface area contributed by atoms with Gasteiger partial charge >= 0.3 is 6.03 Å². The summed E-state index contributed by atoms with van der Waals surface area (Å²) in [5, 5.41) is 5.37. The Morgan fingerprint density at radius 2 is 1.46 bits per heavy atom. The average Bonchev–Trinajstić information content (AvgIpc) is 3.60. The Kier molecular flexibility index (Phi) is 19.9. The zero-order valence-electron chi connectivity index (χ0n) is 33.9. The van der Waals surface area contributed by atoms with Crippen molar-refractivity contribution in [2.75, 3.05) is 86.6 Å². The van der Waals surface area contributed by atoms with Gasteiger partial charge in [-0.1, -0.05) is 25.5 Å². The number of nitrogens with two attached hydrogens (primary N) is 3. The fourth-order valence-electron chi connectivity index (χ4n) is 6.32. The van der Waals surface area contributed by atoms with Crippen molar-refractivity contribution < 1.29 is 24.0 Å². The van der Waals surface area contributed by atoms with Crippen molar-refractivity contribution in [2.45, 2.75) is 57.9 Å². The minimum absolute atomic E-state index is 0.00579. The molecule has 2 aliphatic heterocycles. The van der Waals surface area contributed by atoms with Gasteiger partial charge in [-0.05, 0) is 25.2 Å². The van der Waals surface area contributed by atoms with Crippen LogP contribution in [0.25, 0.3) is 11.2 Å². The largest absolute Gasteiger partial charge is 0.369 e. The third-order valence-corrected chi connectivity index (χ3v) is 12.2. The maximum atomic E-state index is 13.6. The molecule has 2 aromatic heterocycles. The number of thioether (sulfide) groups is 3. The Morgan fingerprint density at radius 1 is 0.814 bits per heavy atom. The van der Waals surface area contributed by atoms with Gasteiger partial charge in [0, 0.05) is 93.6 Å². The zero-order valence-corrected chi connectivity index (χ0v) is 36.3. The van der Waals surface area contributed by atoms with E-state index < -0.39 is 17.9 Å². The second-order valence-corrected chi connectivity index (χ2v) is 17.5. The van der Waals surface area contributed by atoms with E-state index >= 15 is 0 Å². The van der Waals surface area contributed by atoms with Gasteiger partial charge in [-0.2, -0.15) is 40.3 Å². The lowest BCUT2D eigenvalue weighted by Crippen LogP contribution is -2.51. The number of nitrogens with one attached hydrogen (secondary N) is 3. The summed E-state index contributed by atoms with van der Waals surface area (Å²) in [4.78, 5) is 94.9. The summed E-state index contributed by atoms with van der Waals surface area (Å²) in [6.45, 7) is 5.20. The first-order valence-electron chi connectivity index (χ1n) is 19.8. The van der Waals surface area contributed by atoms with E-state index in [9.17, 15) is 28.8 Å². The van der Waals surface area contributed by atoms with E-state index in [0.717, 1.165) is 18.6 Å². The van der Waals surface area contributed by atoms with Crippen LogP contribution < -0.4 is 33.4 Å². The number of H-pyrrole nitrogens is 1. The number of amides is 6. The predicted octanol–water partition coefficient (Wildman–Crippen LogP) is 0.398. The van der Waals surface area contributed by atoms with E-state index in [1.54, 1.807) is 74.4 Å². The molecule has 0 saturated heterocycles. The molecule has 4 heterocycles. The van der Waals surface area contributed by atoms with Crippen LogP contribution in [-0.2, 0) is 25.7 Å². The number of carbonyl (C=O) groups excluding carboxylic acids is 5. The monoisotopic (exact) mass is 877 g/mol. The normalized spacial score (nSPS) is 17.6. The molecule has 4 rings (SSSR count). The number of hydrogen-bond acceptors (Lipinski definition) is 14. The number of nitrogens with zero attached hydrogens (tertiary/aromatic N) is 7. The molecule has 6 amide bonds. The number of imidazole rings is 1. The second kappa shape index (κ2) is 24.7. The number of hydrogen-bond donors (Lipinski definition) is 6. The van der Waals surface area contributed by atoms with Crippen LogP contribution in [0.2, 0.25) is 0 Å². The summed E-state index contributed by atoms with van der Waals surface area (Å²) < 4.78 is 1.48. The second-order valence-electron chi connectivity index (χ2n) is 14.0. The van der Waals surface area contributed by atoms with Gasteiger partial charge < -0.3 is 47.1 Å². The lowest BCUT2D eigenvalue weighted by molar-refractivity contribution is -0.132. The molecule has 3 atom stereocenters. The van der Waals surface area contributed by atoms with Gasteiger partial charge in [0.1, 0.15) is 6.54 Å². The molecule has 9 N–H and O–H groups in total. The Hall–Kier alpha value is -4.25. The van der Waals surface area contributed by atoms with Crippen molar-refractivity contribution in [2.24, 2.45) is 17.4 Å². The molecule has 0 bridgehead atoms. The molecule has 326 valence electrons. The molecule has 0 radical (unpaired) electrons. The van der Waals surface area contributed by atoms with E-state index in [1.165, 1.54) is 15.8 Å². The molecule has 0 aliphatic carbocycles. The molecule has 19 nitrogen and oxygen atoms in total. The van der Waals surface area contributed by atoms with Gasteiger partial charge in [-0.3, -0.25) is 33.9 Å². The van der Waals surface area contributed by atoms with Crippen LogP contribution in [0, 0.1) is 5.92 Å². The zero-order chi connectivity index (χ0) is 42.7. The topological polar surface area (TPSA) is 264 Å². The molecule has 0 saturated carbocycles. The van der Waals surface area contributed by atoms with Crippen LogP contribution in [0.1, 0.15) is 39.0 Å². The fourth-order valence-corrected chi connectivity index (χ4v) is 8.46. The highest BCUT2D eigenvalue weighted by atomic mass is 32.2. The molecule has 59 heavy (non-hydrogen) atoms. The van der Waals surface area contributed by atoms with Crippen LogP contribution in [0.4, 0.5) is 10.7 Å². The van der Waals surface area contributed by atoms with E-state index in [4.69, 9.17) is 17.2 Å². The van der Waals surface area contributed by atoms with Gasteiger partial charge in [0.25, 0.3) is 5.56 Å². The molecule has 0 fully saturated rings. The fraction of sp³-hybridized carbons (Fsp3) is 0.622. The van der Waals surface area contributed by atoms with E-state index in [2.05, 4.69) is 32.5 Å². The number of fused-ring (bicyclic) bond motifs is 1. The number of rotatable bonds is 26. The lowest BCUT2D eigenvalue weighted by atomic mass is 10.00. The van der Waals surface area contributed by atoms with Crippen molar-refractivity contribution in [3.8, 4) is 0 Å². The standard InChI is InChI=1S/C37H59N13O6S3/c1-3-4-11-46(31(53)24-50-25-41-33-32(50)35(55)45-36(40)44-33)17-22-58-19-9-29(51)47(12-7-26-5-6-27(38)42-34(26)54)18-23-59-20-10-30(52)48(16-21-57-2)14-15-49-13-8-28(39)43-37(49)56/h5-6,8,13,25-28H,3-4,7,9-12,14-24,38-39H2,1-2H3,(H,42,54)(H,43,56)(H3,40,44,45,55). The van der Waals surface area contributed by atoms with Gasteiger partial charge in [0.05, 0.1) is 24.6 Å². The summed E-state index contributed by atoms with van der Waals surface area (Å²) in [6.07, 6.45) is 12.0. The number of unbranched alkanes of at least 4 members (excludes halogenated alkanes) is 1. The number of aromatic amines is 1. The summed E-state index contributed by atoms with van der Waals surface area (Å²) in [5.74, 6) is 2.35. The summed E-state index contributed by atoms with van der Waals surface area (Å²) >= 11 is 4.82. The summed E-state index contributed by atoms with van der Waals surface area (Å²) in [6, 6.07) is -0.294. The van der Waals surface area contributed by atoms with Crippen molar-refractivity contribution in [3.05, 3.63) is 41.1 Å². The first kappa shape index (κ1) is 47.4. The maximum absolute atomic E-state index is 13.6. The third-order valence-electron chi connectivity index (χ3n) is 9.69. The first-order valence-corrected chi connectivity index (χ1v) is 23.5.